The average Bonchev–Trinajstić information content (AvgIpc) is 2.78. The molecular formula is C11H19N3O2S. The predicted octanol–water partition coefficient (Wildman–Crippen LogP) is 0.801. The summed E-state index contributed by atoms with van der Waals surface area (Å²) in [4.78, 5) is 15.9. The van der Waals surface area contributed by atoms with Crippen LogP contribution < -0.4 is 11.1 Å². The highest BCUT2D eigenvalue weighted by Gasteiger charge is 2.09. The Morgan fingerprint density at radius 3 is 3.18 bits per heavy atom. The highest BCUT2D eigenvalue weighted by molar-refractivity contribution is 7.09. The van der Waals surface area contributed by atoms with Gasteiger partial charge in [-0.15, -0.1) is 11.3 Å². The van der Waals surface area contributed by atoms with E-state index in [4.69, 9.17) is 10.5 Å². The van der Waals surface area contributed by atoms with Gasteiger partial charge in [0.2, 0.25) is 0 Å². The molecule has 0 radical (unpaired) electrons. The van der Waals surface area contributed by atoms with Crippen LogP contribution in [0.15, 0.2) is 5.38 Å². The summed E-state index contributed by atoms with van der Waals surface area (Å²) in [6, 6.07) is 0. The summed E-state index contributed by atoms with van der Waals surface area (Å²) in [6.07, 6.45) is 1.54. The summed E-state index contributed by atoms with van der Waals surface area (Å²) in [5.41, 5.74) is 5.91. The molecule has 0 saturated heterocycles. The molecule has 17 heavy (non-hydrogen) atoms. The van der Waals surface area contributed by atoms with Crippen molar-refractivity contribution in [1.82, 2.24) is 10.3 Å². The Kier molecular flexibility index (Phi) is 6.76. The Labute approximate surface area is 105 Å². The summed E-state index contributed by atoms with van der Waals surface area (Å²) in [5, 5.41) is 5.48. The predicted molar refractivity (Wildman–Crippen MR) is 68.3 cm³/mol. The number of nitrogens with two attached hydrogens (primary N) is 1. The van der Waals surface area contributed by atoms with E-state index in [0.29, 0.717) is 32.0 Å². The lowest BCUT2D eigenvalue weighted by atomic mass is 10.4. The molecular weight excluding hydrogens is 238 g/mol. The van der Waals surface area contributed by atoms with Gasteiger partial charge in [0, 0.05) is 31.6 Å². The molecule has 1 aromatic heterocycles. The second kappa shape index (κ2) is 8.16. The van der Waals surface area contributed by atoms with E-state index in [1.54, 1.807) is 5.38 Å². The van der Waals surface area contributed by atoms with Gasteiger partial charge < -0.3 is 15.8 Å². The first-order valence-electron chi connectivity index (χ1n) is 5.78. The number of nitrogens with zero attached hydrogens (tertiary/aromatic N) is 1. The van der Waals surface area contributed by atoms with Gasteiger partial charge in [-0.1, -0.05) is 0 Å². The number of nitrogens with one attached hydrogen (secondary N) is 1. The van der Waals surface area contributed by atoms with Crippen molar-refractivity contribution in [3.63, 3.8) is 0 Å². The van der Waals surface area contributed by atoms with Gasteiger partial charge in [-0.25, -0.2) is 4.98 Å². The van der Waals surface area contributed by atoms with Crippen LogP contribution in [0.3, 0.4) is 0 Å². The number of thiazole rings is 1. The van der Waals surface area contributed by atoms with Crippen LogP contribution in [0.25, 0.3) is 0 Å². The number of amides is 1. The van der Waals surface area contributed by atoms with Crippen molar-refractivity contribution in [1.29, 1.82) is 0 Å². The molecule has 3 N–H and O–H groups in total. The molecule has 1 aromatic rings. The number of rotatable bonds is 8. The third-order valence-electron chi connectivity index (χ3n) is 2.10. The van der Waals surface area contributed by atoms with E-state index in [-0.39, 0.29) is 5.91 Å². The van der Waals surface area contributed by atoms with E-state index in [1.165, 1.54) is 11.3 Å². The van der Waals surface area contributed by atoms with Gasteiger partial charge in [0.25, 0.3) is 5.91 Å². The molecule has 5 nitrogen and oxygen atoms in total. The van der Waals surface area contributed by atoms with Gasteiger partial charge in [-0.3, -0.25) is 4.79 Å². The molecule has 1 heterocycles. The quantitative estimate of drug-likeness (QED) is 0.675. The number of hydrogen-bond donors (Lipinski definition) is 2. The molecule has 0 spiro atoms. The Hall–Kier alpha value is -0.980. The normalized spacial score (nSPS) is 10.5. The number of hydrogen-bond acceptors (Lipinski definition) is 5. The number of carbonyl (C=O) groups excluding carboxylic acids is 1. The molecule has 6 heteroatoms. The third kappa shape index (κ3) is 5.25. The zero-order valence-corrected chi connectivity index (χ0v) is 10.9. The minimum absolute atomic E-state index is 0.124. The molecule has 0 bridgehead atoms. The van der Waals surface area contributed by atoms with Gasteiger partial charge in [0.05, 0.1) is 5.01 Å². The minimum Gasteiger partial charge on any atom is -0.382 e. The fraction of sp³-hybridized carbons (Fsp3) is 0.636. The molecule has 0 saturated carbocycles. The fourth-order valence-electron chi connectivity index (χ4n) is 1.26. The highest BCUT2D eigenvalue weighted by atomic mass is 32.1. The molecule has 0 atom stereocenters. The van der Waals surface area contributed by atoms with Crippen molar-refractivity contribution in [2.24, 2.45) is 5.73 Å². The van der Waals surface area contributed by atoms with Gasteiger partial charge in [0.1, 0.15) is 5.69 Å². The summed E-state index contributed by atoms with van der Waals surface area (Å²) in [7, 11) is 0. The second-order valence-electron chi connectivity index (χ2n) is 3.47. The van der Waals surface area contributed by atoms with E-state index >= 15 is 0 Å². The van der Waals surface area contributed by atoms with Crippen molar-refractivity contribution in [2.45, 2.75) is 19.8 Å². The van der Waals surface area contributed by atoms with Gasteiger partial charge in [-0.05, 0) is 19.9 Å². The van der Waals surface area contributed by atoms with Crippen LogP contribution in [0.4, 0.5) is 0 Å². The Morgan fingerprint density at radius 2 is 2.47 bits per heavy atom. The van der Waals surface area contributed by atoms with Crippen LogP contribution in [0, 0.1) is 0 Å². The summed E-state index contributed by atoms with van der Waals surface area (Å²) >= 11 is 1.47. The van der Waals surface area contributed by atoms with Crippen molar-refractivity contribution in [3.05, 3.63) is 16.1 Å². The fourth-order valence-corrected chi connectivity index (χ4v) is 2.06. The zero-order chi connectivity index (χ0) is 12.5. The smallest absolute Gasteiger partial charge is 0.270 e. The zero-order valence-electron chi connectivity index (χ0n) is 10.1. The lowest BCUT2D eigenvalue weighted by Gasteiger charge is -2.03. The van der Waals surface area contributed by atoms with Gasteiger partial charge >= 0.3 is 0 Å². The van der Waals surface area contributed by atoms with Crippen LogP contribution in [-0.2, 0) is 11.2 Å². The van der Waals surface area contributed by atoms with Crippen LogP contribution in [0.5, 0.6) is 0 Å². The van der Waals surface area contributed by atoms with E-state index in [2.05, 4.69) is 10.3 Å². The van der Waals surface area contributed by atoms with Crippen LogP contribution in [0.1, 0.15) is 28.8 Å². The first-order chi connectivity index (χ1) is 8.27. The van der Waals surface area contributed by atoms with E-state index in [1.807, 2.05) is 6.92 Å². The first kappa shape index (κ1) is 14.1. The Bertz CT molecular complexity index is 341. The topological polar surface area (TPSA) is 77.2 Å². The molecule has 0 unspecified atom stereocenters. The summed E-state index contributed by atoms with van der Waals surface area (Å²) in [5.74, 6) is -0.124. The standard InChI is InChI=1S/C11H19N3O2S/c1-2-16-7-3-6-13-11(15)9-8-17-10(14-9)4-5-12/h8H,2-7,12H2,1H3,(H,13,15). The lowest BCUT2D eigenvalue weighted by molar-refractivity contribution is 0.0940. The Morgan fingerprint density at radius 1 is 1.65 bits per heavy atom. The number of ether oxygens (including phenoxy) is 1. The molecule has 0 aliphatic rings. The Balaban J connectivity index is 2.26. The second-order valence-corrected chi connectivity index (χ2v) is 4.41. The van der Waals surface area contributed by atoms with Crippen LogP contribution >= 0.6 is 11.3 Å². The molecule has 0 aliphatic heterocycles. The van der Waals surface area contributed by atoms with E-state index in [9.17, 15) is 4.79 Å². The summed E-state index contributed by atoms with van der Waals surface area (Å²) < 4.78 is 5.18. The largest absolute Gasteiger partial charge is 0.382 e. The van der Waals surface area contributed by atoms with Gasteiger partial charge in [0.15, 0.2) is 0 Å². The van der Waals surface area contributed by atoms with Crippen molar-refractivity contribution >= 4 is 17.2 Å². The number of carbonyl (C=O) groups is 1. The molecule has 0 fully saturated rings. The minimum atomic E-state index is -0.124. The molecule has 0 aromatic carbocycles. The molecule has 96 valence electrons. The third-order valence-corrected chi connectivity index (χ3v) is 3.01. The number of aromatic nitrogens is 1. The van der Waals surface area contributed by atoms with Crippen molar-refractivity contribution < 1.29 is 9.53 Å². The van der Waals surface area contributed by atoms with Crippen LogP contribution in [-0.4, -0.2) is 37.2 Å². The first-order valence-corrected chi connectivity index (χ1v) is 6.66. The maximum Gasteiger partial charge on any atom is 0.270 e. The average molecular weight is 257 g/mol. The molecule has 0 aliphatic carbocycles. The molecule has 1 amide bonds. The SMILES string of the molecule is CCOCCCNC(=O)c1csc(CCN)n1. The van der Waals surface area contributed by atoms with Crippen molar-refractivity contribution in [2.75, 3.05) is 26.3 Å². The maximum absolute atomic E-state index is 11.7. The maximum atomic E-state index is 11.7. The van der Waals surface area contributed by atoms with E-state index < -0.39 is 0 Å². The highest BCUT2D eigenvalue weighted by Crippen LogP contribution is 2.09. The van der Waals surface area contributed by atoms with Crippen LogP contribution in [0.2, 0.25) is 0 Å². The monoisotopic (exact) mass is 257 g/mol. The van der Waals surface area contributed by atoms with Gasteiger partial charge in [-0.2, -0.15) is 0 Å². The summed E-state index contributed by atoms with van der Waals surface area (Å²) in [6.45, 7) is 4.51. The van der Waals surface area contributed by atoms with E-state index in [0.717, 1.165) is 17.8 Å². The van der Waals surface area contributed by atoms with Crippen molar-refractivity contribution in [3.8, 4) is 0 Å². The lowest BCUT2D eigenvalue weighted by Crippen LogP contribution is -2.25. The molecule has 1 rings (SSSR count).